The molecular formula is C15H15N3O. The summed E-state index contributed by atoms with van der Waals surface area (Å²) in [5.41, 5.74) is 2.47. The van der Waals surface area contributed by atoms with E-state index in [2.05, 4.69) is 17.2 Å². The first-order valence-electron chi connectivity index (χ1n) is 5.99. The molecule has 0 aliphatic rings. The molecule has 19 heavy (non-hydrogen) atoms. The van der Waals surface area contributed by atoms with E-state index >= 15 is 0 Å². The fourth-order valence-corrected chi connectivity index (χ4v) is 1.77. The third-order valence-electron chi connectivity index (χ3n) is 2.88. The minimum Gasteiger partial charge on any atom is -0.497 e. The van der Waals surface area contributed by atoms with E-state index in [-0.39, 0.29) is 6.04 Å². The summed E-state index contributed by atoms with van der Waals surface area (Å²) >= 11 is 0. The molecular weight excluding hydrogens is 238 g/mol. The van der Waals surface area contributed by atoms with Crippen LogP contribution < -0.4 is 10.1 Å². The molecule has 4 nitrogen and oxygen atoms in total. The third-order valence-corrected chi connectivity index (χ3v) is 2.88. The summed E-state index contributed by atoms with van der Waals surface area (Å²) in [5, 5.41) is 12.0. The van der Waals surface area contributed by atoms with Crippen molar-refractivity contribution in [3.63, 3.8) is 0 Å². The number of aromatic nitrogens is 1. The summed E-state index contributed by atoms with van der Waals surface area (Å²) in [6.45, 7) is 2.07. The number of nitriles is 1. The number of nitrogens with zero attached hydrogens (tertiary/aromatic N) is 2. The first kappa shape index (κ1) is 12.9. The Balaban J connectivity index is 2.06. The largest absolute Gasteiger partial charge is 0.497 e. The van der Waals surface area contributed by atoms with Gasteiger partial charge in [-0.15, -0.1) is 0 Å². The molecule has 1 aromatic heterocycles. The van der Waals surface area contributed by atoms with Crippen LogP contribution in [0.4, 0.5) is 5.69 Å². The van der Waals surface area contributed by atoms with Crippen LogP contribution in [-0.2, 0) is 0 Å². The van der Waals surface area contributed by atoms with E-state index in [0.717, 1.165) is 17.0 Å². The fourth-order valence-electron chi connectivity index (χ4n) is 1.77. The lowest BCUT2D eigenvalue weighted by atomic mass is 10.1. The molecule has 0 spiro atoms. The first-order chi connectivity index (χ1) is 9.22. The van der Waals surface area contributed by atoms with E-state index in [4.69, 9.17) is 10.00 Å². The van der Waals surface area contributed by atoms with Crippen LogP contribution >= 0.6 is 0 Å². The summed E-state index contributed by atoms with van der Waals surface area (Å²) in [5.74, 6) is 0.844. The molecule has 0 amide bonds. The molecule has 0 aliphatic heterocycles. The van der Waals surface area contributed by atoms with E-state index in [0.29, 0.717) is 5.69 Å². The number of benzene rings is 1. The lowest BCUT2D eigenvalue weighted by molar-refractivity contribution is 0.414. The Morgan fingerprint density at radius 1 is 1.21 bits per heavy atom. The Morgan fingerprint density at radius 3 is 2.47 bits per heavy atom. The molecule has 0 saturated heterocycles. The van der Waals surface area contributed by atoms with Crippen molar-refractivity contribution < 1.29 is 4.74 Å². The summed E-state index contributed by atoms with van der Waals surface area (Å²) in [6.07, 6.45) is 1.67. The van der Waals surface area contributed by atoms with Crippen molar-refractivity contribution in [2.75, 3.05) is 12.4 Å². The quantitative estimate of drug-likeness (QED) is 0.909. The summed E-state index contributed by atoms with van der Waals surface area (Å²) in [7, 11) is 1.65. The first-order valence-corrected chi connectivity index (χ1v) is 5.99. The van der Waals surface area contributed by atoms with Gasteiger partial charge < -0.3 is 10.1 Å². The summed E-state index contributed by atoms with van der Waals surface area (Å²) in [6, 6.07) is 13.6. The van der Waals surface area contributed by atoms with Crippen LogP contribution in [0, 0.1) is 11.3 Å². The molecule has 2 aromatic rings. The number of nitrogens with one attached hydrogen (secondary N) is 1. The second-order valence-electron chi connectivity index (χ2n) is 4.18. The van der Waals surface area contributed by atoms with Crippen LogP contribution in [0.5, 0.6) is 5.75 Å². The number of rotatable bonds is 4. The van der Waals surface area contributed by atoms with Gasteiger partial charge in [-0.1, -0.05) is 12.1 Å². The zero-order chi connectivity index (χ0) is 13.7. The van der Waals surface area contributed by atoms with Gasteiger partial charge in [-0.05, 0) is 36.8 Å². The van der Waals surface area contributed by atoms with E-state index in [9.17, 15) is 0 Å². The highest BCUT2D eigenvalue weighted by molar-refractivity contribution is 5.45. The molecule has 0 aliphatic carbocycles. The molecule has 2 rings (SSSR count). The van der Waals surface area contributed by atoms with Crippen molar-refractivity contribution in [2.45, 2.75) is 13.0 Å². The third kappa shape index (κ3) is 3.23. The van der Waals surface area contributed by atoms with Crippen molar-refractivity contribution in [1.29, 1.82) is 5.26 Å². The van der Waals surface area contributed by atoms with Crippen LogP contribution in [-0.4, -0.2) is 12.1 Å². The van der Waals surface area contributed by atoms with Crippen LogP contribution in [0.2, 0.25) is 0 Å². The number of methoxy groups -OCH3 is 1. The van der Waals surface area contributed by atoms with Crippen molar-refractivity contribution in [2.24, 2.45) is 0 Å². The van der Waals surface area contributed by atoms with Gasteiger partial charge in [0.1, 0.15) is 17.5 Å². The normalized spacial score (nSPS) is 11.4. The van der Waals surface area contributed by atoms with Crippen molar-refractivity contribution >= 4 is 5.69 Å². The molecule has 0 fully saturated rings. The monoisotopic (exact) mass is 253 g/mol. The number of anilines is 1. The molecule has 0 radical (unpaired) electrons. The SMILES string of the molecule is COc1ccc(C(C)Nc2ccc(C#N)nc2)cc1. The maximum Gasteiger partial charge on any atom is 0.140 e. The predicted octanol–water partition coefficient (Wildman–Crippen LogP) is 3.13. The molecule has 4 heteroatoms. The van der Waals surface area contributed by atoms with Crippen molar-refractivity contribution in [3.8, 4) is 11.8 Å². The summed E-state index contributed by atoms with van der Waals surface area (Å²) in [4.78, 5) is 4.03. The summed E-state index contributed by atoms with van der Waals surface area (Å²) < 4.78 is 5.13. The van der Waals surface area contributed by atoms with Gasteiger partial charge in [0, 0.05) is 6.04 Å². The second-order valence-corrected chi connectivity index (χ2v) is 4.18. The second kappa shape index (κ2) is 5.87. The maximum atomic E-state index is 8.69. The van der Waals surface area contributed by atoms with E-state index < -0.39 is 0 Å². The van der Waals surface area contributed by atoms with Gasteiger partial charge >= 0.3 is 0 Å². The Hall–Kier alpha value is -2.54. The smallest absolute Gasteiger partial charge is 0.140 e. The highest BCUT2D eigenvalue weighted by atomic mass is 16.5. The minimum atomic E-state index is 0.153. The van der Waals surface area contributed by atoms with Crippen molar-refractivity contribution in [3.05, 3.63) is 53.9 Å². The van der Waals surface area contributed by atoms with Gasteiger partial charge in [-0.25, -0.2) is 4.98 Å². The molecule has 1 unspecified atom stereocenters. The maximum absolute atomic E-state index is 8.69. The van der Waals surface area contributed by atoms with Crippen LogP contribution in [0.25, 0.3) is 0 Å². The van der Waals surface area contributed by atoms with Gasteiger partial charge in [-0.2, -0.15) is 5.26 Å². The van der Waals surface area contributed by atoms with E-state index in [1.54, 1.807) is 19.4 Å². The zero-order valence-corrected chi connectivity index (χ0v) is 10.9. The number of hydrogen-bond acceptors (Lipinski definition) is 4. The molecule has 1 atom stereocenters. The van der Waals surface area contributed by atoms with E-state index in [1.807, 2.05) is 36.4 Å². The topological polar surface area (TPSA) is 57.9 Å². The Bertz CT molecular complexity index is 570. The molecule has 96 valence electrons. The number of hydrogen-bond donors (Lipinski definition) is 1. The van der Waals surface area contributed by atoms with Gasteiger partial charge in [0.25, 0.3) is 0 Å². The molecule has 1 N–H and O–H groups in total. The molecule has 1 heterocycles. The Kier molecular flexibility index (Phi) is 3.99. The highest BCUT2D eigenvalue weighted by Crippen LogP contribution is 2.21. The Morgan fingerprint density at radius 2 is 1.95 bits per heavy atom. The average Bonchev–Trinajstić information content (AvgIpc) is 2.48. The number of pyridine rings is 1. The van der Waals surface area contributed by atoms with Crippen molar-refractivity contribution in [1.82, 2.24) is 4.98 Å². The van der Waals surface area contributed by atoms with Gasteiger partial charge in [0.15, 0.2) is 0 Å². The predicted molar refractivity (Wildman–Crippen MR) is 74.0 cm³/mol. The van der Waals surface area contributed by atoms with Gasteiger partial charge in [0.2, 0.25) is 0 Å². The fraction of sp³-hybridized carbons (Fsp3) is 0.200. The molecule has 0 bridgehead atoms. The highest BCUT2D eigenvalue weighted by Gasteiger charge is 2.05. The van der Waals surface area contributed by atoms with Gasteiger partial charge in [0.05, 0.1) is 19.0 Å². The lowest BCUT2D eigenvalue weighted by Crippen LogP contribution is -2.06. The molecule has 0 saturated carbocycles. The number of ether oxygens (including phenoxy) is 1. The van der Waals surface area contributed by atoms with Gasteiger partial charge in [-0.3, -0.25) is 0 Å². The lowest BCUT2D eigenvalue weighted by Gasteiger charge is -2.15. The van der Waals surface area contributed by atoms with E-state index in [1.165, 1.54) is 0 Å². The average molecular weight is 253 g/mol. The van der Waals surface area contributed by atoms with Crippen LogP contribution in [0.3, 0.4) is 0 Å². The van der Waals surface area contributed by atoms with Crippen LogP contribution in [0.1, 0.15) is 24.2 Å². The minimum absolute atomic E-state index is 0.153. The van der Waals surface area contributed by atoms with Crippen LogP contribution in [0.15, 0.2) is 42.6 Å². The Labute approximate surface area is 112 Å². The standard InChI is InChI=1S/C15H15N3O/c1-11(12-3-7-15(19-2)8-4-12)18-14-6-5-13(9-16)17-10-14/h3-8,10-11,18H,1-2H3. The zero-order valence-electron chi connectivity index (χ0n) is 10.9. The molecule has 1 aromatic carbocycles.